The molecule has 47 heavy (non-hydrogen) atoms. The first-order chi connectivity index (χ1) is 23.1. The fourth-order valence-corrected chi connectivity index (χ4v) is 8.03. The van der Waals surface area contributed by atoms with E-state index in [9.17, 15) is 10.5 Å². The molecular weight excluding hydrogens is 573 g/mol. The minimum absolute atomic E-state index is 0.133. The highest BCUT2D eigenvalue weighted by Gasteiger charge is 2.39. The molecule has 3 atom stereocenters. The van der Waals surface area contributed by atoms with Crippen LogP contribution in [0.4, 0.5) is 11.4 Å². The Morgan fingerprint density at radius 3 is 2.13 bits per heavy atom. The summed E-state index contributed by atoms with van der Waals surface area (Å²) in [7, 11) is 0. The summed E-state index contributed by atoms with van der Waals surface area (Å²) in [4.78, 5) is 7.05. The van der Waals surface area contributed by atoms with Gasteiger partial charge in [-0.1, -0.05) is 86.6 Å². The lowest BCUT2D eigenvalue weighted by Crippen LogP contribution is -2.30. The van der Waals surface area contributed by atoms with Crippen LogP contribution in [0.25, 0.3) is 33.4 Å². The molecule has 0 radical (unpaired) electrons. The molecule has 226 valence electrons. The molecule has 3 aliphatic rings. The van der Waals surface area contributed by atoms with Crippen LogP contribution in [0.15, 0.2) is 120 Å². The molecule has 0 saturated carbocycles. The third-order valence-corrected chi connectivity index (χ3v) is 10.3. The highest BCUT2D eigenvalue weighted by atomic mass is 15.2. The molecule has 4 nitrogen and oxygen atoms in total. The Morgan fingerprint density at radius 1 is 0.681 bits per heavy atom. The van der Waals surface area contributed by atoms with Crippen molar-refractivity contribution in [2.24, 2.45) is 10.9 Å². The minimum atomic E-state index is -0.748. The van der Waals surface area contributed by atoms with Crippen molar-refractivity contribution in [1.29, 1.82) is 10.5 Å². The van der Waals surface area contributed by atoms with Crippen LogP contribution >= 0.6 is 0 Å². The van der Waals surface area contributed by atoms with Crippen LogP contribution in [0.2, 0.25) is 0 Å². The Kier molecular flexibility index (Phi) is 7.08. The molecule has 0 amide bonds. The van der Waals surface area contributed by atoms with E-state index in [0.717, 1.165) is 46.2 Å². The zero-order valence-corrected chi connectivity index (χ0v) is 26.6. The van der Waals surface area contributed by atoms with Gasteiger partial charge in [-0.15, -0.1) is 0 Å². The maximum absolute atomic E-state index is 9.89. The molecule has 8 rings (SSSR count). The zero-order valence-electron chi connectivity index (χ0n) is 26.6. The molecule has 0 fully saturated rings. The average molecular weight is 607 g/mol. The van der Waals surface area contributed by atoms with Crippen LogP contribution < -0.4 is 4.90 Å². The van der Waals surface area contributed by atoms with E-state index in [1.807, 2.05) is 18.3 Å². The Hall–Kier alpha value is -5.71. The van der Waals surface area contributed by atoms with Crippen molar-refractivity contribution in [3.8, 4) is 45.5 Å². The van der Waals surface area contributed by atoms with Gasteiger partial charge in [0.25, 0.3) is 0 Å². The van der Waals surface area contributed by atoms with E-state index >= 15 is 0 Å². The molecule has 2 aliphatic heterocycles. The number of hydrogen-bond acceptors (Lipinski definition) is 4. The second-order valence-corrected chi connectivity index (χ2v) is 12.6. The lowest BCUT2D eigenvalue weighted by atomic mass is 9.84. The van der Waals surface area contributed by atoms with Gasteiger partial charge in [-0.3, -0.25) is 4.99 Å². The van der Waals surface area contributed by atoms with E-state index in [1.165, 1.54) is 39.2 Å². The number of nitriles is 2. The maximum atomic E-state index is 9.89. The molecular formula is C43H34N4. The molecule has 4 heteroatoms. The SMILES string of the molecule is CCc1ccccc1-c1ccc(N2c3ccc(-c4ccc5c(c4)C(C(C#N)C#N)c4ccccc4-5)cc3C3C=NC=C[C@H]32)cc1CC. The summed E-state index contributed by atoms with van der Waals surface area (Å²) >= 11 is 0. The molecule has 0 aromatic heterocycles. The van der Waals surface area contributed by atoms with Gasteiger partial charge in [-0.05, 0) is 110 Å². The van der Waals surface area contributed by atoms with Crippen molar-refractivity contribution in [1.82, 2.24) is 0 Å². The van der Waals surface area contributed by atoms with Crippen molar-refractivity contribution in [3.63, 3.8) is 0 Å². The molecule has 5 aromatic rings. The van der Waals surface area contributed by atoms with E-state index in [1.54, 1.807) is 0 Å². The molecule has 0 N–H and O–H groups in total. The zero-order chi connectivity index (χ0) is 32.1. The summed E-state index contributed by atoms with van der Waals surface area (Å²) in [5.74, 6) is -0.878. The molecule has 1 aliphatic carbocycles. The number of anilines is 2. The lowest BCUT2D eigenvalue weighted by molar-refractivity contribution is 0.725. The van der Waals surface area contributed by atoms with Crippen LogP contribution in [-0.2, 0) is 12.8 Å². The number of aryl methyl sites for hydroxylation is 2. The summed E-state index contributed by atoms with van der Waals surface area (Å²) in [6.07, 6.45) is 8.18. The predicted octanol–water partition coefficient (Wildman–Crippen LogP) is 10.1. The molecule has 0 spiro atoms. The number of nitrogens with zero attached hydrogens (tertiary/aromatic N) is 4. The van der Waals surface area contributed by atoms with E-state index in [0.29, 0.717) is 0 Å². The quantitative estimate of drug-likeness (QED) is 0.193. The average Bonchev–Trinajstić information content (AvgIpc) is 3.64. The third-order valence-electron chi connectivity index (χ3n) is 10.3. The van der Waals surface area contributed by atoms with Gasteiger partial charge in [0.2, 0.25) is 0 Å². The normalized spacial score (nSPS) is 18.3. The summed E-state index contributed by atoms with van der Waals surface area (Å²) < 4.78 is 0. The Labute approximate surface area is 276 Å². The number of hydrogen-bond donors (Lipinski definition) is 0. The highest BCUT2D eigenvalue weighted by molar-refractivity contribution is 5.89. The van der Waals surface area contributed by atoms with Gasteiger partial charge >= 0.3 is 0 Å². The van der Waals surface area contributed by atoms with Crippen molar-refractivity contribution in [2.75, 3.05) is 4.90 Å². The highest BCUT2D eigenvalue weighted by Crippen LogP contribution is 2.51. The van der Waals surface area contributed by atoms with Crippen molar-refractivity contribution >= 4 is 17.6 Å². The first-order valence-corrected chi connectivity index (χ1v) is 16.5. The number of fused-ring (bicyclic) bond motifs is 6. The second kappa shape index (κ2) is 11.6. The summed E-state index contributed by atoms with van der Waals surface area (Å²) in [6.45, 7) is 4.47. The van der Waals surface area contributed by atoms with Gasteiger partial charge in [-0.25, -0.2) is 0 Å². The second-order valence-electron chi connectivity index (χ2n) is 12.6. The topological polar surface area (TPSA) is 63.2 Å². The van der Waals surface area contributed by atoms with Crippen LogP contribution in [0, 0.1) is 28.6 Å². The lowest BCUT2D eigenvalue weighted by Gasteiger charge is -2.29. The van der Waals surface area contributed by atoms with E-state index in [4.69, 9.17) is 0 Å². The molecule has 0 bridgehead atoms. The van der Waals surface area contributed by atoms with Crippen molar-refractivity contribution in [3.05, 3.63) is 143 Å². The number of rotatable bonds is 6. The summed E-state index contributed by atoms with van der Waals surface area (Å²) in [5.41, 5.74) is 15.5. The Bertz CT molecular complexity index is 2180. The molecule has 0 saturated heterocycles. The first-order valence-electron chi connectivity index (χ1n) is 16.5. The molecule has 2 heterocycles. The Morgan fingerprint density at radius 2 is 1.34 bits per heavy atom. The fraction of sp³-hybridized carbons (Fsp3) is 0.186. The van der Waals surface area contributed by atoms with Gasteiger partial charge in [0.15, 0.2) is 0 Å². The number of aliphatic imine (C=N–C) groups is 1. The van der Waals surface area contributed by atoms with Crippen LogP contribution in [-0.4, -0.2) is 12.3 Å². The van der Waals surface area contributed by atoms with Gasteiger partial charge in [0.1, 0.15) is 5.92 Å². The van der Waals surface area contributed by atoms with Crippen molar-refractivity contribution in [2.45, 2.75) is 44.6 Å². The van der Waals surface area contributed by atoms with Crippen molar-refractivity contribution < 1.29 is 0 Å². The van der Waals surface area contributed by atoms with Crippen LogP contribution in [0.1, 0.15) is 53.5 Å². The largest absolute Gasteiger partial charge is 0.333 e. The van der Waals surface area contributed by atoms with Gasteiger partial charge in [0.05, 0.1) is 18.2 Å². The van der Waals surface area contributed by atoms with Gasteiger partial charge < -0.3 is 4.90 Å². The first kappa shape index (κ1) is 28.7. The summed E-state index contributed by atoms with van der Waals surface area (Å²) in [5, 5.41) is 19.8. The van der Waals surface area contributed by atoms with Crippen LogP contribution in [0.5, 0.6) is 0 Å². The van der Waals surface area contributed by atoms with E-state index < -0.39 is 5.92 Å². The monoisotopic (exact) mass is 606 g/mol. The fourth-order valence-electron chi connectivity index (χ4n) is 8.03. The third kappa shape index (κ3) is 4.52. The maximum Gasteiger partial charge on any atom is 0.144 e. The standard InChI is InChI=1S/C43H34N4/c1-3-27-9-5-6-10-33(27)34-17-15-32(21-28(34)4-2)47-41-18-14-30(22-38(41)40-26-46-20-19-42(40)47)29-13-16-36-35-11-7-8-12-37(35)43(39(36)23-29)31(24-44)25-45/h5-23,26,31,40,42-43H,3-4H2,1-2H3/t40?,42-,43?/m1/s1. The van der Waals surface area contributed by atoms with E-state index in [-0.39, 0.29) is 17.9 Å². The van der Waals surface area contributed by atoms with Crippen LogP contribution in [0.3, 0.4) is 0 Å². The number of benzene rings is 5. The molecule has 2 unspecified atom stereocenters. The predicted molar refractivity (Wildman–Crippen MR) is 191 cm³/mol. The summed E-state index contributed by atoms with van der Waals surface area (Å²) in [6, 6.07) is 41.8. The molecule has 5 aromatic carbocycles. The van der Waals surface area contributed by atoms with Gasteiger partial charge in [0, 0.05) is 35.6 Å². The van der Waals surface area contributed by atoms with E-state index in [2.05, 4.69) is 139 Å². The Balaban J connectivity index is 1.21. The van der Waals surface area contributed by atoms with Gasteiger partial charge in [-0.2, -0.15) is 10.5 Å². The smallest absolute Gasteiger partial charge is 0.144 e. The minimum Gasteiger partial charge on any atom is -0.333 e.